The van der Waals surface area contributed by atoms with Crippen LogP contribution >= 0.6 is 23.2 Å². The molecule has 0 unspecified atom stereocenters. The van der Waals surface area contributed by atoms with Gasteiger partial charge in [-0.3, -0.25) is 4.79 Å². The van der Waals surface area contributed by atoms with Crippen LogP contribution in [0.15, 0.2) is 42.5 Å². The molecule has 0 bridgehead atoms. The Morgan fingerprint density at radius 1 is 1.12 bits per heavy atom. The second-order valence-corrected chi connectivity index (χ2v) is 7.76. The molecule has 2 aromatic carbocycles. The van der Waals surface area contributed by atoms with Crippen LogP contribution in [-0.2, 0) is 11.8 Å². The normalized spacial score (nSPS) is 21.1. The predicted molar refractivity (Wildman–Crippen MR) is 102 cm³/mol. The van der Waals surface area contributed by atoms with Crippen molar-refractivity contribution in [2.45, 2.75) is 30.7 Å². The first-order chi connectivity index (χ1) is 12.1. The summed E-state index contributed by atoms with van der Waals surface area (Å²) < 4.78 is 0. The van der Waals surface area contributed by atoms with Gasteiger partial charge in [-0.05, 0) is 61.7 Å². The van der Waals surface area contributed by atoms with E-state index in [2.05, 4.69) is 34.9 Å². The molecule has 2 N–H and O–H groups in total. The van der Waals surface area contributed by atoms with Crippen molar-refractivity contribution in [3.05, 3.63) is 69.2 Å². The summed E-state index contributed by atoms with van der Waals surface area (Å²) >= 11 is 12.2. The summed E-state index contributed by atoms with van der Waals surface area (Å²) in [7, 11) is 0. The van der Waals surface area contributed by atoms with Gasteiger partial charge in [0, 0.05) is 16.5 Å². The molecule has 1 aliphatic carbocycles. The van der Waals surface area contributed by atoms with Gasteiger partial charge < -0.3 is 10.6 Å². The highest BCUT2D eigenvalue weighted by Gasteiger charge is 2.47. The number of carbonyl (C=O) groups excluding carboxylic acids is 1. The number of fused-ring (bicyclic) bond motifs is 2. The third-order valence-electron chi connectivity index (χ3n) is 5.62. The van der Waals surface area contributed by atoms with Gasteiger partial charge in [-0.2, -0.15) is 0 Å². The van der Waals surface area contributed by atoms with Gasteiger partial charge in [0.05, 0.1) is 10.6 Å². The number of hydrogen-bond donors (Lipinski definition) is 2. The van der Waals surface area contributed by atoms with Crippen LogP contribution in [0.3, 0.4) is 0 Å². The predicted octanol–water partition coefficient (Wildman–Crippen LogP) is 3.97. The van der Waals surface area contributed by atoms with Gasteiger partial charge in [-0.1, -0.05) is 47.5 Å². The zero-order valence-electron chi connectivity index (χ0n) is 13.8. The van der Waals surface area contributed by atoms with Crippen LogP contribution in [0.25, 0.3) is 0 Å². The summed E-state index contributed by atoms with van der Waals surface area (Å²) in [4.78, 5) is 12.9. The van der Waals surface area contributed by atoms with Crippen LogP contribution in [0.5, 0.6) is 0 Å². The fourth-order valence-electron chi connectivity index (χ4n) is 4.38. The molecule has 25 heavy (non-hydrogen) atoms. The van der Waals surface area contributed by atoms with Crippen molar-refractivity contribution in [2.24, 2.45) is 0 Å². The summed E-state index contributed by atoms with van der Waals surface area (Å²) in [6, 6.07) is 13.7. The summed E-state index contributed by atoms with van der Waals surface area (Å²) in [5.41, 5.74) is 3.23. The van der Waals surface area contributed by atoms with Gasteiger partial charge in [0.2, 0.25) is 0 Å². The molecular formula is C20H20Cl2N2O. The first-order valence-corrected chi connectivity index (χ1v) is 9.41. The van der Waals surface area contributed by atoms with Crippen molar-refractivity contribution in [3.8, 4) is 0 Å². The lowest BCUT2D eigenvalue weighted by molar-refractivity contribution is 0.0907. The van der Waals surface area contributed by atoms with Crippen LogP contribution in [0.2, 0.25) is 10.0 Å². The average molecular weight is 375 g/mol. The molecule has 1 spiro atoms. The first-order valence-electron chi connectivity index (χ1n) is 8.65. The van der Waals surface area contributed by atoms with Gasteiger partial charge in [-0.25, -0.2) is 0 Å². The highest BCUT2D eigenvalue weighted by atomic mass is 35.5. The van der Waals surface area contributed by atoms with E-state index in [1.54, 1.807) is 18.2 Å². The van der Waals surface area contributed by atoms with Crippen molar-refractivity contribution in [1.29, 1.82) is 0 Å². The van der Waals surface area contributed by atoms with E-state index in [0.29, 0.717) is 15.6 Å². The van der Waals surface area contributed by atoms with Crippen LogP contribution in [0.4, 0.5) is 0 Å². The van der Waals surface area contributed by atoms with Crippen molar-refractivity contribution in [2.75, 3.05) is 13.1 Å². The zero-order valence-corrected chi connectivity index (χ0v) is 15.3. The Kier molecular flexibility index (Phi) is 4.48. The van der Waals surface area contributed by atoms with E-state index in [9.17, 15) is 4.79 Å². The Hall–Kier alpha value is -1.55. The lowest BCUT2D eigenvalue weighted by atomic mass is 9.71. The molecule has 1 heterocycles. The third kappa shape index (κ3) is 2.95. The average Bonchev–Trinajstić information content (AvgIpc) is 2.89. The number of halogens is 2. The topological polar surface area (TPSA) is 41.1 Å². The smallest absolute Gasteiger partial charge is 0.253 e. The minimum atomic E-state index is -0.127. The highest BCUT2D eigenvalue weighted by Crippen LogP contribution is 2.45. The molecule has 2 aromatic rings. The second kappa shape index (κ2) is 6.64. The number of piperidine rings is 1. The van der Waals surface area contributed by atoms with Crippen LogP contribution in [0, 0.1) is 0 Å². The van der Waals surface area contributed by atoms with Gasteiger partial charge in [0.25, 0.3) is 5.91 Å². The van der Waals surface area contributed by atoms with E-state index in [-0.39, 0.29) is 17.4 Å². The highest BCUT2D eigenvalue weighted by molar-refractivity contribution is 6.36. The zero-order chi connectivity index (χ0) is 17.4. The SMILES string of the molecule is O=C(N[C@@H]1Cc2ccccc2C12CCNCC2)c1ccc(Cl)cc1Cl. The molecular weight excluding hydrogens is 355 g/mol. The number of rotatable bonds is 2. The number of hydrogen-bond acceptors (Lipinski definition) is 2. The number of nitrogens with one attached hydrogen (secondary N) is 2. The lowest BCUT2D eigenvalue weighted by Crippen LogP contribution is -2.53. The lowest BCUT2D eigenvalue weighted by Gasteiger charge is -2.40. The molecule has 1 fully saturated rings. The van der Waals surface area contributed by atoms with Crippen molar-refractivity contribution in [3.63, 3.8) is 0 Å². The Morgan fingerprint density at radius 2 is 1.88 bits per heavy atom. The van der Waals surface area contributed by atoms with Gasteiger partial charge in [0.15, 0.2) is 0 Å². The van der Waals surface area contributed by atoms with E-state index >= 15 is 0 Å². The van der Waals surface area contributed by atoms with E-state index in [1.807, 2.05) is 0 Å². The van der Waals surface area contributed by atoms with Crippen molar-refractivity contribution >= 4 is 29.1 Å². The molecule has 3 nitrogen and oxygen atoms in total. The Labute approximate surface area is 157 Å². The summed E-state index contributed by atoms with van der Waals surface area (Å²) in [5, 5.41) is 7.63. The van der Waals surface area contributed by atoms with Gasteiger partial charge >= 0.3 is 0 Å². The van der Waals surface area contributed by atoms with Gasteiger partial charge in [0.1, 0.15) is 0 Å². The summed E-state index contributed by atoms with van der Waals surface area (Å²) in [6.45, 7) is 1.95. The summed E-state index contributed by atoms with van der Waals surface area (Å²) in [5.74, 6) is -0.127. The first kappa shape index (κ1) is 16.9. The maximum absolute atomic E-state index is 12.9. The number of amides is 1. The molecule has 0 radical (unpaired) electrons. The molecule has 1 atom stereocenters. The molecule has 130 valence electrons. The van der Waals surface area contributed by atoms with Crippen LogP contribution in [-0.4, -0.2) is 25.0 Å². The fraction of sp³-hybridized carbons (Fsp3) is 0.350. The van der Waals surface area contributed by atoms with Crippen LogP contribution < -0.4 is 10.6 Å². The molecule has 1 aliphatic heterocycles. The number of carbonyl (C=O) groups is 1. The van der Waals surface area contributed by atoms with Crippen LogP contribution in [0.1, 0.15) is 34.3 Å². The van der Waals surface area contributed by atoms with Crippen molar-refractivity contribution < 1.29 is 4.79 Å². The standard InChI is InChI=1S/C20H20Cl2N2O/c21-14-5-6-15(17(22)12-14)19(25)24-18-11-13-3-1-2-4-16(13)20(18)7-9-23-10-8-20/h1-6,12,18,23H,7-11H2,(H,24,25)/t18-/m1/s1. The minimum Gasteiger partial charge on any atom is -0.348 e. The number of benzene rings is 2. The quantitative estimate of drug-likeness (QED) is 0.834. The Bertz CT molecular complexity index is 815. The molecule has 4 rings (SSSR count). The molecule has 0 aromatic heterocycles. The third-order valence-corrected chi connectivity index (χ3v) is 6.17. The molecule has 0 saturated carbocycles. The fourth-order valence-corrected chi connectivity index (χ4v) is 4.87. The van der Waals surface area contributed by atoms with E-state index < -0.39 is 0 Å². The molecule has 5 heteroatoms. The summed E-state index contributed by atoms with van der Waals surface area (Å²) in [6.07, 6.45) is 2.93. The molecule has 2 aliphatic rings. The van der Waals surface area contributed by atoms with E-state index in [1.165, 1.54) is 11.1 Å². The van der Waals surface area contributed by atoms with E-state index in [0.717, 1.165) is 32.4 Å². The Morgan fingerprint density at radius 3 is 2.64 bits per heavy atom. The van der Waals surface area contributed by atoms with Gasteiger partial charge in [-0.15, -0.1) is 0 Å². The second-order valence-electron chi connectivity index (χ2n) is 6.92. The molecule has 1 saturated heterocycles. The van der Waals surface area contributed by atoms with Crippen molar-refractivity contribution in [1.82, 2.24) is 10.6 Å². The maximum Gasteiger partial charge on any atom is 0.253 e. The Balaban J connectivity index is 1.64. The largest absolute Gasteiger partial charge is 0.348 e. The minimum absolute atomic E-state index is 0.0103. The monoisotopic (exact) mass is 374 g/mol. The molecule has 1 amide bonds. The van der Waals surface area contributed by atoms with E-state index in [4.69, 9.17) is 23.2 Å². The maximum atomic E-state index is 12.9.